The van der Waals surface area contributed by atoms with E-state index in [1.54, 1.807) is 0 Å². The Labute approximate surface area is 122 Å². The van der Waals surface area contributed by atoms with Gasteiger partial charge in [-0.15, -0.1) is 0 Å². The van der Waals surface area contributed by atoms with E-state index in [0.29, 0.717) is 12.6 Å². The molecule has 4 nitrogen and oxygen atoms in total. The van der Waals surface area contributed by atoms with E-state index in [-0.39, 0.29) is 5.69 Å². The van der Waals surface area contributed by atoms with Crippen LogP contribution in [0.1, 0.15) is 16.7 Å². The summed E-state index contributed by atoms with van der Waals surface area (Å²) in [6, 6.07) is 2.46. The van der Waals surface area contributed by atoms with Crippen molar-refractivity contribution in [2.75, 3.05) is 5.32 Å². The first-order valence-electron chi connectivity index (χ1n) is 5.90. The van der Waals surface area contributed by atoms with Crippen molar-refractivity contribution in [2.45, 2.75) is 19.6 Å². The Morgan fingerprint density at radius 1 is 1.33 bits per heavy atom. The molecule has 0 aliphatic rings. The highest BCUT2D eigenvalue weighted by Gasteiger charge is 2.33. The third kappa shape index (κ3) is 3.52. The molecule has 2 aromatic rings. The highest BCUT2D eigenvalue weighted by atomic mass is 32.1. The molecule has 0 radical (unpaired) electrons. The molecule has 0 saturated carbocycles. The number of thiophene rings is 1. The molecule has 2 rings (SSSR count). The predicted octanol–water partition coefficient (Wildman–Crippen LogP) is 4.60. The van der Waals surface area contributed by atoms with Crippen LogP contribution in [0.2, 0.25) is 0 Å². The SMILES string of the molecule is Cc1cscc1CNc1ccc(C(F)(F)F)cc1[N+](=O)[O-]. The van der Waals surface area contributed by atoms with Crippen LogP contribution in [0.15, 0.2) is 29.0 Å². The minimum atomic E-state index is -4.60. The summed E-state index contributed by atoms with van der Waals surface area (Å²) in [5.74, 6) is 0. The molecule has 0 saturated heterocycles. The number of benzene rings is 1. The van der Waals surface area contributed by atoms with Crippen molar-refractivity contribution >= 4 is 22.7 Å². The molecule has 0 fully saturated rings. The van der Waals surface area contributed by atoms with Crippen LogP contribution in [0.5, 0.6) is 0 Å². The zero-order chi connectivity index (χ0) is 15.6. The second-order valence-electron chi connectivity index (χ2n) is 4.42. The molecule has 112 valence electrons. The van der Waals surface area contributed by atoms with Gasteiger partial charge in [-0.2, -0.15) is 24.5 Å². The lowest BCUT2D eigenvalue weighted by Crippen LogP contribution is -2.08. The van der Waals surface area contributed by atoms with E-state index in [9.17, 15) is 23.3 Å². The number of anilines is 1. The molecule has 8 heteroatoms. The molecule has 0 bridgehead atoms. The zero-order valence-electron chi connectivity index (χ0n) is 10.9. The minimum absolute atomic E-state index is 0.0681. The number of aryl methyl sites for hydroxylation is 1. The monoisotopic (exact) mass is 316 g/mol. The lowest BCUT2D eigenvalue weighted by molar-refractivity contribution is -0.384. The molecule has 0 amide bonds. The van der Waals surface area contributed by atoms with Gasteiger partial charge in [0, 0.05) is 12.6 Å². The molecule has 0 atom stereocenters. The van der Waals surface area contributed by atoms with Crippen LogP contribution in [-0.2, 0) is 12.7 Å². The number of alkyl halides is 3. The normalized spacial score (nSPS) is 11.4. The average molecular weight is 316 g/mol. The average Bonchev–Trinajstić information content (AvgIpc) is 2.80. The Bertz CT molecular complexity index is 668. The first-order valence-corrected chi connectivity index (χ1v) is 6.84. The number of rotatable bonds is 4. The fraction of sp³-hybridized carbons (Fsp3) is 0.231. The first-order chi connectivity index (χ1) is 9.79. The zero-order valence-corrected chi connectivity index (χ0v) is 11.7. The van der Waals surface area contributed by atoms with Gasteiger partial charge in [0.15, 0.2) is 0 Å². The Morgan fingerprint density at radius 2 is 2.05 bits per heavy atom. The standard InChI is InChI=1S/C13H11F3N2O2S/c1-8-6-21-7-9(8)5-17-11-3-2-10(13(14,15)16)4-12(11)18(19)20/h2-4,6-7,17H,5H2,1H3. The van der Waals surface area contributed by atoms with Gasteiger partial charge in [0.1, 0.15) is 5.69 Å². The lowest BCUT2D eigenvalue weighted by Gasteiger charge is -2.10. The topological polar surface area (TPSA) is 55.2 Å². The number of nitrogens with zero attached hydrogens (tertiary/aromatic N) is 1. The third-order valence-corrected chi connectivity index (χ3v) is 3.86. The first kappa shape index (κ1) is 15.3. The summed E-state index contributed by atoms with van der Waals surface area (Å²) in [5, 5.41) is 17.6. The van der Waals surface area contributed by atoms with E-state index in [2.05, 4.69) is 5.32 Å². The number of nitro benzene ring substituents is 1. The van der Waals surface area contributed by atoms with Gasteiger partial charge in [-0.3, -0.25) is 10.1 Å². The number of hydrogen-bond acceptors (Lipinski definition) is 4. The minimum Gasteiger partial charge on any atom is -0.375 e. The quantitative estimate of drug-likeness (QED) is 0.662. The largest absolute Gasteiger partial charge is 0.416 e. The highest BCUT2D eigenvalue weighted by Crippen LogP contribution is 2.35. The Kier molecular flexibility index (Phi) is 4.17. The summed E-state index contributed by atoms with van der Waals surface area (Å²) in [6.45, 7) is 2.22. The van der Waals surface area contributed by atoms with E-state index < -0.39 is 22.4 Å². The Morgan fingerprint density at radius 3 is 2.57 bits per heavy atom. The molecule has 0 aliphatic heterocycles. The van der Waals surface area contributed by atoms with Gasteiger partial charge in [0.25, 0.3) is 5.69 Å². The molecule has 1 heterocycles. The molecule has 1 aromatic heterocycles. The van der Waals surface area contributed by atoms with E-state index in [1.807, 2.05) is 17.7 Å². The van der Waals surface area contributed by atoms with Crippen molar-refractivity contribution in [3.8, 4) is 0 Å². The molecule has 0 spiro atoms. The maximum absolute atomic E-state index is 12.6. The summed E-state index contributed by atoms with van der Waals surface area (Å²) < 4.78 is 37.8. The molecule has 1 N–H and O–H groups in total. The summed E-state index contributed by atoms with van der Waals surface area (Å²) >= 11 is 1.50. The number of nitrogens with one attached hydrogen (secondary N) is 1. The van der Waals surface area contributed by atoms with Crippen LogP contribution in [-0.4, -0.2) is 4.92 Å². The number of halogens is 3. The van der Waals surface area contributed by atoms with Gasteiger partial charge in [-0.25, -0.2) is 0 Å². The van der Waals surface area contributed by atoms with Crippen LogP contribution in [0.25, 0.3) is 0 Å². The highest BCUT2D eigenvalue weighted by molar-refractivity contribution is 7.08. The van der Waals surface area contributed by atoms with Crippen molar-refractivity contribution in [2.24, 2.45) is 0 Å². The van der Waals surface area contributed by atoms with E-state index >= 15 is 0 Å². The van der Waals surface area contributed by atoms with Gasteiger partial charge in [0.05, 0.1) is 10.5 Å². The molecular weight excluding hydrogens is 305 g/mol. The van der Waals surface area contributed by atoms with Crippen molar-refractivity contribution in [1.29, 1.82) is 0 Å². The summed E-state index contributed by atoms with van der Waals surface area (Å²) in [5.41, 5.74) is 0.430. The summed E-state index contributed by atoms with van der Waals surface area (Å²) in [6.07, 6.45) is -4.60. The van der Waals surface area contributed by atoms with Gasteiger partial charge >= 0.3 is 6.18 Å². The number of hydrogen-bond donors (Lipinski definition) is 1. The van der Waals surface area contributed by atoms with E-state index in [0.717, 1.165) is 23.3 Å². The smallest absolute Gasteiger partial charge is 0.375 e. The molecular formula is C13H11F3N2O2S. The Balaban J connectivity index is 2.27. The summed E-state index contributed by atoms with van der Waals surface area (Å²) in [4.78, 5) is 10.1. The van der Waals surface area contributed by atoms with Crippen LogP contribution in [0, 0.1) is 17.0 Å². The molecule has 0 unspecified atom stereocenters. The van der Waals surface area contributed by atoms with Gasteiger partial charge < -0.3 is 5.32 Å². The van der Waals surface area contributed by atoms with Crippen molar-refractivity contribution in [1.82, 2.24) is 0 Å². The molecule has 1 aromatic carbocycles. The van der Waals surface area contributed by atoms with E-state index in [4.69, 9.17) is 0 Å². The van der Waals surface area contributed by atoms with Crippen molar-refractivity contribution < 1.29 is 18.1 Å². The molecule has 21 heavy (non-hydrogen) atoms. The fourth-order valence-electron chi connectivity index (χ4n) is 1.77. The number of nitro groups is 1. The predicted molar refractivity (Wildman–Crippen MR) is 74.5 cm³/mol. The van der Waals surface area contributed by atoms with Crippen molar-refractivity contribution in [3.63, 3.8) is 0 Å². The van der Waals surface area contributed by atoms with Gasteiger partial charge in [0.2, 0.25) is 0 Å². The fourth-order valence-corrected chi connectivity index (χ4v) is 2.62. The second kappa shape index (κ2) is 5.72. The van der Waals surface area contributed by atoms with Gasteiger partial charge in [-0.05, 0) is 40.9 Å². The van der Waals surface area contributed by atoms with Crippen LogP contribution < -0.4 is 5.32 Å². The van der Waals surface area contributed by atoms with Crippen LogP contribution in [0.3, 0.4) is 0 Å². The molecule has 0 aliphatic carbocycles. The Hall–Kier alpha value is -2.09. The maximum Gasteiger partial charge on any atom is 0.416 e. The van der Waals surface area contributed by atoms with E-state index in [1.165, 1.54) is 11.3 Å². The third-order valence-electron chi connectivity index (χ3n) is 2.95. The second-order valence-corrected chi connectivity index (χ2v) is 5.16. The van der Waals surface area contributed by atoms with Gasteiger partial charge in [-0.1, -0.05) is 0 Å². The summed E-state index contributed by atoms with van der Waals surface area (Å²) in [7, 11) is 0. The van der Waals surface area contributed by atoms with Crippen LogP contribution in [0.4, 0.5) is 24.5 Å². The van der Waals surface area contributed by atoms with Crippen LogP contribution >= 0.6 is 11.3 Å². The lowest BCUT2D eigenvalue weighted by atomic mass is 10.1. The maximum atomic E-state index is 12.6. The van der Waals surface area contributed by atoms with Crippen molar-refractivity contribution in [3.05, 3.63) is 55.8 Å².